The minimum Gasteiger partial charge on any atom is -0.381 e. The Morgan fingerprint density at radius 3 is 2.79 bits per heavy atom. The molecule has 3 aliphatic rings. The van der Waals surface area contributed by atoms with Crippen molar-refractivity contribution in [1.82, 2.24) is 9.80 Å². The topological polar surface area (TPSA) is 32.8 Å². The average molecular weight is 349 g/mol. The van der Waals surface area contributed by atoms with Crippen LogP contribution in [0, 0.1) is 17.3 Å². The monoisotopic (exact) mass is 348 g/mol. The number of thiophene rings is 1. The summed E-state index contributed by atoms with van der Waals surface area (Å²) in [6.45, 7) is 5.94. The SMILES string of the molecule is CN1C[C@@H](COCC2CC2)C2(CCN(C(=O)c3ccsc3)CC2)C1. The number of carbonyl (C=O) groups is 1. The van der Waals surface area contributed by atoms with Crippen LogP contribution in [0.15, 0.2) is 16.8 Å². The van der Waals surface area contributed by atoms with E-state index in [1.165, 1.54) is 12.8 Å². The van der Waals surface area contributed by atoms with E-state index in [4.69, 9.17) is 4.74 Å². The molecule has 5 heteroatoms. The summed E-state index contributed by atoms with van der Waals surface area (Å²) in [7, 11) is 2.23. The van der Waals surface area contributed by atoms with Crippen LogP contribution in [0.1, 0.15) is 36.0 Å². The second-order valence-corrected chi connectivity index (χ2v) is 8.82. The third-order valence-electron chi connectivity index (χ3n) is 6.17. The molecule has 1 aromatic heterocycles. The summed E-state index contributed by atoms with van der Waals surface area (Å²) in [6.07, 6.45) is 4.94. The predicted octanol–water partition coefficient (Wildman–Crippen LogP) is 2.96. The zero-order chi connectivity index (χ0) is 16.6. The normalized spacial score (nSPS) is 27.0. The number of ether oxygens (including phenoxy) is 1. The Labute approximate surface area is 148 Å². The summed E-state index contributed by atoms with van der Waals surface area (Å²) in [5.74, 6) is 1.67. The lowest BCUT2D eigenvalue weighted by atomic mass is 9.71. The van der Waals surface area contributed by atoms with E-state index in [0.29, 0.717) is 11.3 Å². The van der Waals surface area contributed by atoms with Gasteiger partial charge in [-0.15, -0.1) is 0 Å². The number of hydrogen-bond acceptors (Lipinski definition) is 4. The molecule has 0 bridgehead atoms. The van der Waals surface area contributed by atoms with Crippen molar-refractivity contribution in [2.24, 2.45) is 17.3 Å². The van der Waals surface area contributed by atoms with Crippen LogP contribution in [-0.4, -0.2) is 62.1 Å². The quantitative estimate of drug-likeness (QED) is 0.820. The smallest absolute Gasteiger partial charge is 0.254 e. The Hall–Kier alpha value is -0.910. The molecule has 4 rings (SSSR count). The minimum absolute atomic E-state index is 0.207. The van der Waals surface area contributed by atoms with E-state index in [1.54, 1.807) is 11.3 Å². The summed E-state index contributed by atoms with van der Waals surface area (Å²) in [5.41, 5.74) is 1.20. The summed E-state index contributed by atoms with van der Waals surface area (Å²) < 4.78 is 6.04. The van der Waals surface area contributed by atoms with Gasteiger partial charge in [0.05, 0.1) is 12.2 Å². The lowest BCUT2D eigenvalue weighted by molar-refractivity contribution is 0.0180. The van der Waals surface area contributed by atoms with Crippen molar-refractivity contribution >= 4 is 17.2 Å². The van der Waals surface area contributed by atoms with Crippen LogP contribution in [0.2, 0.25) is 0 Å². The first-order chi connectivity index (χ1) is 11.7. The fourth-order valence-electron chi connectivity index (χ4n) is 4.48. The van der Waals surface area contributed by atoms with E-state index < -0.39 is 0 Å². The second-order valence-electron chi connectivity index (χ2n) is 8.04. The Bertz CT molecular complexity index is 562. The summed E-state index contributed by atoms with van der Waals surface area (Å²) in [4.78, 5) is 17.1. The van der Waals surface area contributed by atoms with Crippen LogP contribution in [0.3, 0.4) is 0 Å². The highest BCUT2D eigenvalue weighted by atomic mass is 32.1. The lowest BCUT2D eigenvalue weighted by Gasteiger charge is -2.42. The van der Waals surface area contributed by atoms with Gasteiger partial charge in [-0.2, -0.15) is 11.3 Å². The molecule has 1 aliphatic carbocycles. The van der Waals surface area contributed by atoms with Gasteiger partial charge in [-0.1, -0.05) is 0 Å². The molecule has 0 aromatic carbocycles. The molecule has 0 unspecified atom stereocenters. The highest BCUT2D eigenvalue weighted by Gasteiger charge is 2.47. The number of nitrogens with zero attached hydrogens (tertiary/aromatic N) is 2. The fraction of sp³-hybridized carbons (Fsp3) is 0.737. The van der Waals surface area contributed by atoms with Crippen molar-refractivity contribution < 1.29 is 9.53 Å². The summed E-state index contributed by atoms with van der Waals surface area (Å²) >= 11 is 1.60. The van der Waals surface area contributed by atoms with E-state index in [0.717, 1.165) is 63.7 Å². The maximum absolute atomic E-state index is 12.6. The number of hydrogen-bond donors (Lipinski definition) is 0. The second kappa shape index (κ2) is 6.77. The molecular formula is C19H28N2O2S. The van der Waals surface area contributed by atoms with Gasteiger partial charge in [-0.05, 0) is 55.5 Å². The maximum Gasteiger partial charge on any atom is 0.254 e. The molecule has 1 saturated carbocycles. The van der Waals surface area contributed by atoms with Gasteiger partial charge >= 0.3 is 0 Å². The average Bonchev–Trinajstić information content (AvgIpc) is 3.14. The largest absolute Gasteiger partial charge is 0.381 e. The molecule has 4 nitrogen and oxygen atoms in total. The highest BCUT2D eigenvalue weighted by molar-refractivity contribution is 7.08. The zero-order valence-corrected chi connectivity index (χ0v) is 15.4. The first-order valence-corrected chi connectivity index (χ1v) is 10.2. The van der Waals surface area contributed by atoms with Crippen molar-refractivity contribution in [2.75, 3.05) is 46.4 Å². The standard InChI is InChI=1S/C19H28N2O2S/c1-20-10-17(12-23-11-15-2-3-15)19(14-20)5-7-21(8-6-19)18(22)16-4-9-24-13-16/h4,9,13,15,17H,2-3,5-8,10-12,14H2,1H3/t17-/m0/s1. The number of rotatable bonds is 5. The van der Waals surface area contributed by atoms with Crippen LogP contribution >= 0.6 is 11.3 Å². The Morgan fingerprint density at radius 2 is 2.12 bits per heavy atom. The Kier molecular flexibility index (Phi) is 4.67. The highest BCUT2D eigenvalue weighted by Crippen LogP contribution is 2.44. The van der Waals surface area contributed by atoms with Crippen molar-refractivity contribution in [2.45, 2.75) is 25.7 Å². The van der Waals surface area contributed by atoms with Crippen molar-refractivity contribution in [1.29, 1.82) is 0 Å². The third-order valence-corrected chi connectivity index (χ3v) is 6.85. The van der Waals surface area contributed by atoms with Crippen LogP contribution in [0.4, 0.5) is 0 Å². The van der Waals surface area contributed by atoms with Crippen molar-refractivity contribution in [3.05, 3.63) is 22.4 Å². The van der Waals surface area contributed by atoms with Gasteiger partial charge in [-0.25, -0.2) is 0 Å². The summed E-state index contributed by atoms with van der Waals surface area (Å²) in [5, 5.41) is 3.95. The molecule has 2 saturated heterocycles. The van der Waals surface area contributed by atoms with Crippen LogP contribution in [-0.2, 0) is 4.74 Å². The number of carbonyl (C=O) groups excluding carboxylic acids is 1. The molecule has 1 aromatic rings. The number of likely N-dealkylation sites (tertiary alicyclic amines) is 2. The van der Waals surface area contributed by atoms with E-state index in [9.17, 15) is 4.79 Å². The third kappa shape index (κ3) is 3.39. The zero-order valence-electron chi connectivity index (χ0n) is 14.6. The molecule has 2 aliphatic heterocycles. The maximum atomic E-state index is 12.6. The molecule has 1 atom stereocenters. The van der Waals surface area contributed by atoms with Gasteiger partial charge in [0.1, 0.15) is 0 Å². The van der Waals surface area contributed by atoms with Gasteiger partial charge in [0.15, 0.2) is 0 Å². The van der Waals surface area contributed by atoms with E-state index in [-0.39, 0.29) is 5.91 Å². The fourth-order valence-corrected chi connectivity index (χ4v) is 5.11. The lowest BCUT2D eigenvalue weighted by Crippen LogP contribution is -2.47. The molecule has 0 radical (unpaired) electrons. The van der Waals surface area contributed by atoms with Crippen LogP contribution < -0.4 is 0 Å². The van der Waals surface area contributed by atoms with Gasteiger partial charge in [0.2, 0.25) is 0 Å². The predicted molar refractivity (Wildman–Crippen MR) is 96.4 cm³/mol. The number of piperidine rings is 1. The van der Waals surface area contributed by atoms with Gasteiger partial charge in [0.25, 0.3) is 5.91 Å². The van der Waals surface area contributed by atoms with Gasteiger partial charge < -0.3 is 14.5 Å². The molecule has 1 spiro atoms. The van der Waals surface area contributed by atoms with Crippen LogP contribution in [0.25, 0.3) is 0 Å². The summed E-state index contributed by atoms with van der Waals surface area (Å²) in [6, 6.07) is 1.94. The first-order valence-electron chi connectivity index (χ1n) is 9.24. The molecule has 0 N–H and O–H groups in total. The number of amides is 1. The minimum atomic E-state index is 0.207. The molecule has 3 fully saturated rings. The van der Waals surface area contributed by atoms with E-state index in [2.05, 4.69) is 11.9 Å². The Morgan fingerprint density at radius 1 is 1.33 bits per heavy atom. The first kappa shape index (κ1) is 16.6. The Balaban J connectivity index is 1.35. The van der Waals surface area contributed by atoms with E-state index >= 15 is 0 Å². The van der Waals surface area contributed by atoms with Crippen molar-refractivity contribution in [3.8, 4) is 0 Å². The van der Waals surface area contributed by atoms with Gasteiger partial charge in [-0.3, -0.25) is 4.79 Å². The molecule has 24 heavy (non-hydrogen) atoms. The molecule has 1 amide bonds. The molecule has 132 valence electrons. The van der Waals surface area contributed by atoms with Crippen LogP contribution in [0.5, 0.6) is 0 Å². The van der Waals surface area contributed by atoms with Crippen molar-refractivity contribution in [3.63, 3.8) is 0 Å². The van der Waals surface area contributed by atoms with E-state index in [1.807, 2.05) is 21.7 Å². The molecular weight excluding hydrogens is 320 g/mol. The van der Waals surface area contributed by atoms with Gasteiger partial charge in [0, 0.05) is 44.1 Å². The molecule has 3 heterocycles.